The number of rotatable bonds is 1. The largest absolute Gasteiger partial charge is 0.416 e. The van der Waals surface area contributed by atoms with Crippen molar-refractivity contribution in [3.8, 4) is 0 Å². The molecular formula is C14H13F3N2S. The number of thioether (sulfide) groups is 1. The lowest BCUT2D eigenvalue weighted by Crippen LogP contribution is -2.41. The van der Waals surface area contributed by atoms with Crippen LogP contribution < -0.4 is 5.32 Å². The van der Waals surface area contributed by atoms with Gasteiger partial charge in [0.1, 0.15) is 5.84 Å². The van der Waals surface area contributed by atoms with E-state index in [0.29, 0.717) is 11.4 Å². The maximum atomic E-state index is 12.5. The molecule has 0 radical (unpaired) electrons. The van der Waals surface area contributed by atoms with Crippen molar-refractivity contribution in [1.29, 1.82) is 0 Å². The molecule has 106 valence electrons. The molecule has 1 N–H and O–H groups in total. The summed E-state index contributed by atoms with van der Waals surface area (Å²) in [6.07, 6.45) is -1.43. The van der Waals surface area contributed by atoms with Gasteiger partial charge < -0.3 is 5.32 Å². The molecule has 0 bridgehead atoms. The van der Waals surface area contributed by atoms with E-state index in [1.165, 1.54) is 17.7 Å². The van der Waals surface area contributed by atoms with Gasteiger partial charge in [-0.2, -0.15) is 24.9 Å². The molecule has 0 aromatic heterocycles. The average Bonchev–Trinajstić information content (AvgIpc) is 2.46. The Balaban J connectivity index is 1.83. The lowest BCUT2D eigenvalue weighted by atomic mass is 10.0. The van der Waals surface area contributed by atoms with Gasteiger partial charge in [0.05, 0.1) is 11.6 Å². The molecule has 1 atom stereocenters. The van der Waals surface area contributed by atoms with Gasteiger partial charge >= 0.3 is 6.18 Å². The highest BCUT2D eigenvalue weighted by Crippen LogP contribution is 2.30. The van der Waals surface area contributed by atoms with Crippen LogP contribution in [0.1, 0.15) is 17.5 Å². The van der Waals surface area contributed by atoms with E-state index in [0.717, 1.165) is 30.1 Å². The van der Waals surface area contributed by atoms with E-state index in [9.17, 15) is 13.2 Å². The quantitative estimate of drug-likeness (QED) is 0.859. The Kier molecular flexibility index (Phi) is 3.50. The van der Waals surface area contributed by atoms with E-state index < -0.39 is 11.7 Å². The van der Waals surface area contributed by atoms with Gasteiger partial charge in [-0.1, -0.05) is 12.1 Å². The number of alkyl halides is 3. The van der Waals surface area contributed by atoms with E-state index in [2.05, 4.69) is 10.3 Å². The number of aliphatic imine (C=N–C) groups is 1. The third-order valence-electron chi connectivity index (χ3n) is 3.42. The fourth-order valence-electron chi connectivity index (χ4n) is 2.29. The lowest BCUT2D eigenvalue weighted by Gasteiger charge is -2.29. The van der Waals surface area contributed by atoms with Crippen molar-refractivity contribution in [1.82, 2.24) is 5.32 Å². The van der Waals surface area contributed by atoms with Crippen LogP contribution >= 0.6 is 11.8 Å². The predicted octanol–water partition coefficient (Wildman–Crippen LogP) is 3.44. The van der Waals surface area contributed by atoms with Crippen molar-refractivity contribution in [2.75, 3.05) is 11.5 Å². The molecule has 2 aliphatic rings. The number of fused-ring (bicyclic) bond motifs is 1. The Morgan fingerprint density at radius 2 is 1.95 bits per heavy atom. The van der Waals surface area contributed by atoms with Gasteiger partial charge in [-0.3, -0.25) is 0 Å². The molecule has 0 saturated carbocycles. The van der Waals surface area contributed by atoms with Gasteiger partial charge in [0.25, 0.3) is 0 Å². The summed E-state index contributed by atoms with van der Waals surface area (Å²) in [6, 6.07) is 5.38. The number of amidine groups is 1. The second-order valence-electron chi connectivity index (χ2n) is 4.80. The molecule has 6 heteroatoms. The van der Waals surface area contributed by atoms with Gasteiger partial charge in [0, 0.05) is 17.5 Å². The molecule has 3 rings (SSSR count). The van der Waals surface area contributed by atoms with Crippen molar-refractivity contribution in [2.45, 2.75) is 18.6 Å². The number of nitrogens with zero attached hydrogens (tertiary/aromatic N) is 1. The first-order valence-electron chi connectivity index (χ1n) is 6.33. The maximum absolute atomic E-state index is 12.5. The third-order valence-corrected chi connectivity index (χ3v) is 4.49. The van der Waals surface area contributed by atoms with E-state index in [4.69, 9.17) is 0 Å². The molecule has 20 heavy (non-hydrogen) atoms. The molecule has 0 spiro atoms. The zero-order valence-corrected chi connectivity index (χ0v) is 11.4. The summed E-state index contributed by atoms with van der Waals surface area (Å²) in [4.78, 5) is 4.32. The first-order valence-corrected chi connectivity index (χ1v) is 7.48. The summed E-state index contributed by atoms with van der Waals surface area (Å²) in [6.45, 7) is 0. The summed E-state index contributed by atoms with van der Waals surface area (Å²) >= 11 is 1.88. The third kappa shape index (κ3) is 2.70. The molecule has 1 aromatic rings. The molecule has 1 saturated heterocycles. The number of hydrogen-bond acceptors (Lipinski definition) is 3. The topological polar surface area (TPSA) is 24.4 Å². The van der Waals surface area contributed by atoms with E-state index in [1.54, 1.807) is 0 Å². The number of nitrogens with one attached hydrogen (secondary N) is 1. The SMILES string of the molecule is FC(F)(F)c1ccc(C2=NC=C3CSCCC3N2)cc1. The zero-order chi connectivity index (χ0) is 14.2. The van der Waals surface area contributed by atoms with Crippen LogP contribution in [-0.4, -0.2) is 23.4 Å². The van der Waals surface area contributed by atoms with Gasteiger partial charge in [-0.05, 0) is 29.9 Å². The van der Waals surface area contributed by atoms with Gasteiger partial charge in [-0.25, -0.2) is 4.99 Å². The fraction of sp³-hybridized carbons (Fsp3) is 0.357. The van der Waals surface area contributed by atoms with Crippen LogP contribution in [0.3, 0.4) is 0 Å². The standard InChI is InChI=1S/C14H13F3N2S/c15-14(16,17)11-3-1-9(2-4-11)13-18-7-10-8-20-6-5-12(10)19-13/h1-4,7,12H,5-6,8H2,(H,18,19). The minimum atomic E-state index is -4.30. The maximum Gasteiger partial charge on any atom is 0.416 e. The summed E-state index contributed by atoms with van der Waals surface area (Å²) in [7, 11) is 0. The Bertz CT molecular complexity index is 561. The molecule has 2 aliphatic heterocycles. The van der Waals surface area contributed by atoms with E-state index >= 15 is 0 Å². The minimum absolute atomic E-state index is 0.269. The van der Waals surface area contributed by atoms with Crippen molar-refractivity contribution in [2.24, 2.45) is 4.99 Å². The Labute approximate surface area is 119 Å². The molecule has 1 aromatic carbocycles. The smallest absolute Gasteiger partial charge is 0.363 e. The van der Waals surface area contributed by atoms with Crippen molar-refractivity contribution < 1.29 is 13.2 Å². The molecule has 2 heterocycles. The second kappa shape index (κ2) is 5.16. The van der Waals surface area contributed by atoms with Crippen molar-refractivity contribution in [3.63, 3.8) is 0 Å². The lowest BCUT2D eigenvalue weighted by molar-refractivity contribution is -0.137. The Hall–Kier alpha value is -1.43. The van der Waals surface area contributed by atoms with Crippen LogP contribution in [0.4, 0.5) is 13.2 Å². The predicted molar refractivity (Wildman–Crippen MR) is 74.9 cm³/mol. The minimum Gasteiger partial charge on any atom is -0.363 e. The van der Waals surface area contributed by atoms with Crippen molar-refractivity contribution in [3.05, 3.63) is 47.2 Å². The average molecular weight is 298 g/mol. The molecule has 2 nitrogen and oxygen atoms in total. The zero-order valence-electron chi connectivity index (χ0n) is 10.6. The normalized spacial score (nSPS) is 22.4. The number of halogens is 3. The van der Waals surface area contributed by atoms with Crippen LogP contribution in [0.2, 0.25) is 0 Å². The molecule has 0 amide bonds. The van der Waals surface area contributed by atoms with E-state index in [1.807, 2.05) is 18.0 Å². The van der Waals surface area contributed by atoms with Crippen LogP contribution in [0.15, 0.2) is 41.0 Å². The van der Waals surface area contributed by atoms with E-state index in [-0.39, 0.29) is 6.04 Å². The molecule has 1 unspecified atom stereocenters. The monoisotopic (exact) mass is 298 g/mol. The van der Waals surface area contributed by atoms with Gasteiger partial charge in [0.2, 0.25) is 0 Å². The summed E-state index contributed by atoms with van der Waals surface area (Å²) in [5.74, 6) is 2.72. The molecule has 0 aliphatic carbocycles. The van der Waals surface area contributed by atoms with Crippen LogP contribution in [0, 0.1) is 0 Å². The summed E-state index contributed by atoms with van der Waals surface area (Å²) in [5.41, 5.74) is 1.31. The highest BCUT2D eigenvalue weighted by Gasteiger charge is 2.30. The van der Waals surface area contributed by atoms with Crippen LogP contribution in [0.5, 0.6) is 0 Å². The van der Waals surface area contributed by atoms with Crippen LogP contribution in [-0.2, 0) is 6.18 Å². The first kappa shape index (κ1) is 13.5. The Morgan fingerprint density at radius 1 is 1.20 bits per heavy atom. The van der Waals surface area contributed by atoms with Gasteiger partial charge in [0.15, 0.2) is 0 Å². The van der Waals surface area contributed by atoms with Gasteiger partial charge in [-0.15, -0.1) is 0 Å². The highest BCUT2D eigenvalue weighted by molar-refractivity contribution is 7.99. The first-order chi connectivity index (χ1) is 9.54. The number of benzene rings is 1. The highest BCUT2D eigenvalue weighted by atomic mass is 32.2. The fourth-order valence-corrected chi connectivity index (χ4v) is 3.35. The van der Waals surface area contributed by atoms with Crippen LogP contribution in [0.25, 0.3) is 0 Å². The molecule has 1 fully saturated rings. The van der Waals surface area contributed by atoms with Crippen molar-refractivity contribution >= 4 is 17.6 Å². The summed E-state index contributed by atoms with van der Waals surface area (Å²) < 4.78 is 37.6. The Morgan fingerprint density at radius 3 is 2.65 bits per heavy atom. The summed E-state index contributed by atoms with van der Waals surface area (Å²) in [5, 5.41) is 3.32. The number of hydrogen-bond donors (Lipinski definition) is 1. The second-order valence-corrected chi connectivity index (χ2v) is 5.90. The molecular weight excluding hydrogens is 285 g/mol.